The molecule has 0 radical (unpaired) electrons. The van der Waals surface area contributed by atoms with E-state index in [0.717, 1.165) is 25.2 Å². The molecule has 1 aromatic heterocycles. The van der Waals surface area contributed by atoms with Crippen LogP contribution in [0.3, 0.4) is 0 Å². The molecule has 0 bridgehead atoms. The molecule has 0 unspecified atom stereocenters. The highest BCUT2D eigenvalue weighted by Crippen LogP contribution is 2.16. The predicted octanol–water partition coefficient (Wildman–Crippen LogP) is 2.18. The molecular weight excluding hydrogens is 198 g/mol. The van der Waals surface area contributed by atoms with E-state index in [1.807, 2.05) is 24.7 Å². The molecule has 3 nitrogen and oxygen atoms in total. The van der Waals surface area contributed by atoms with Crippen LogP contribution < -0.4 is 5.32 Å². The normalized spacial score (nSPS) is 11.4. The van der Waals surface area contributed by atoms with Gasteiger partial charge in [0.25, 0.3) is 0 Å². The first-order valence-electron chi connectivity index (χ1n) is 4.82. The van der Waals surface area contributed by atoms with Crippen molar-refractivity contribution < 1.29 is 0 Å². The van der Waals surface area contributed by atoms with Crippen molar-refractivity contribution in [3.63, 3.8) is 0 Å². The molecule has 4 heteroatoms. The molecule has 1 N–H and O–H groups in total. The summed E-state index contributed by atoms with van der Waals surface area (Å²) in [5, 5.41) is 7.95. The van der Waals surface area contributed by atoms with E-state index in [4.69, 9.17) is 11.6 Å². The van der Waals surface area contributed by atoms with Crippen molar-refractivity contribution in [1.82, 2.24) is 15.1 Å². The molecule has 0 saturated heterocycles. The van der Waals surface area contributed by atoms with Crippen LogP contribution in [0.5, 0.6) is 0 Å². The summed E-state index contributed by atoms with van der Waals surface area (Å²) in [5.74, 6) is 0. The fraction of sp³-hybridized carbons (Fsp3) is 0.500. The van der Waals surface area contributed by atoms with Gasteiger partial charge in [0, 0.05) is 6.54 Å². The number of rotatable bonds is 5. The summed E-state index contributed by atoms with van der Waals surface area (Å²) in [7, 11) is 1.94. The first-order valence-corrected chi connectivity index (χ1v) is 5.19. The summed E-state index contributed by atoms with van der Waals surface area (Å²) >= 11 is 5.99. The molecule has 0 saturated carbocycles. The Kier molecular flexibility index (Phi) is 4.70. The molecule has 0 amide bonds. The van der Waals surface area contributed by atoms with E-state index in [1.165, 1.54) is 0 Å². The highest BCUT2D eigenvalue weighted by atomic mass is 35.5. The van der Waals surface area contributed by atoms with E-state index in [0.29, 0.717) is 5.02 Å². The maximum Gasteiger partial charge on any atom is 0.0859 e. The van der Waals surface area contributed by atoms with E-state index in [1.54, 1.807) is 6.20 Å². The van der Waals surface area contributed by atoms with Gasteiger partial charge in [-0.3, -0.25) is 4.68 Å². The maximum atomic E-state index is 5.99. The highest BCUT2D eigenvalue weighted by molar-refractivity contribution is 6.31. The van der Waals surface area contributed by atoms with Gasteiger partial charge >= 0.3 is 0 Å². The van der Waals surface area contributed by atoms with Crippen LogP contribution in [0.4, 0.5) is 0 Å². The first-order chi connectivity index (χ1) is 6.79. The minimum atomic E-state index is 0.715. The van der Waals surface area contributed by atoms with Gasteiger partial charge in [-0.15, -0.1) is 0 Å². The van der Waals surface area contributed by atoms with Crippen molar-refractivity contribution in [1.29, 1.82) is 0 Å². The third-order valence-corrected chi connectivity index (χ3v) is 2.26. The number of nitrogens with one attached hydrogen (secondary N) is 1. The molecule has 78 valence electrons. The Balaban J connectivity index is 2.64. The van der Waals surface area contributed by atoms with Crippen molar-refractivity contribution in [2.24, 2.45) is 0 Å². The Morgan fingerprint density at radius 1 is 1.64 bits per heavy atom. The van der Waals surface area contributed by atoms with Gasteiger partial charge in [-0.2, -0.15) is 5.10 Å². The standard InChI is InChI=1S/C10H16ClN3/c1-3-14-10(9(11)8-13-14)6-4-5-7-12-2/h4,6,8,12H,3,5,7H2,1-2H3/b6-4+. The lowest BCUT2D eigenvalue weighted by Crippen LogP contribution is -2.05. The Morgan fingerprint density at radius 2 is 2.43 bits per heavy atom. The van der Waals surface area contributed by atoms with Crippen LogP contribution >= 0.6 is 11.6 Å². The second-order valence-electron chi connectivity index (χ2n) is 2.99. The number of aryl methyl sites for hydroxylation is 1. The fourth-order valence-corrected chi connectivity index (χ4v) is 1.42. The third-order valence-electron chi connectivity index (χ3n) is 1.97. The summed E-state index contributed by atoms with van der Waals surface area (Å²) in [5.41, 5.74) is 0.991. The van der Waals surface area contributed by atoms with E-state index < -0.39 is 0 Å². The van der Waals surface area contributed by atoms with E-state index in [-0.39, 0.29) is 0 Å². The Labute approximate surface area is 89.8 Å². The average molecular weight is 214 g/mol. The zero-order chi connectivity index (χ0) is 10.4. The van der Waals surface area contributed by atoms with Gasteiger partial charge in [0.05, 0.1) is 16.9 Å². The minimum absolute atomic E-state index is 0.715. The quantitative estimate of drug-likeness (QED) is 0.760. The minimum Gasteiger partial charge on any atom is -0.319 e. The molecule has 0 aliphatic rings. The van der Waals surface area contributed by atoms with Crippen LogP contribution in [-0.2, 0) is 6.54 Å². The van der Waals surface area contributed by atoms with Crippen molar-refractivity contribution in [2.45, 2.75) is 19.9 Å². The maximum absolute atomic E-state index is 5.99. The molecule has 1 rings (SSSR count). The number of aromatic nitrogens is 2. The summed E-state index contributed by atoms with van der Waals surface area (Å²) in [6.07, 6.45) is 6.81. The van der Waals surface area contributed by atoms with E-state index in [9.17, 15) is 0 Å². The smallest absolute Gasteiger partial charge is 0.0859 e. The van der Waals surface area contributed by atoms with Crippen molar-refractivity contribution in [2.75, 3.05) is 13.6 Å². The molecular formula is C10H16ClN3. The van der Waals surface area contributed by atoms with Crippen LogP contribution in [0.15, 0.2) is 12.3 Å². The zero-order valence-corrected chi connectivity index (χ0v) is 9.38. The molecule has 0 aliphatic carbocycles. The first kappa shape index (κ1) is 11.3. The topological polar surface area (TPSA) is 29.9 Å². The van der Waals surface area contributed by atoms with E-state index >= 15 is 0 Å². The van der Waals surface area contributed by atoms with Crippen molar-refractivity contribution in [3.8, 4) is 0 Å². The van der Waals surface area contributed by atoms with E-state index in [2.05, 4.69) is 16.5 Å². The van der Waals surface area contributed by atoms with Gasteiger partial charge in [0.15, 0.2) is 0 Å². The summed E-state index contributed by atoms with van der Waals surface area (Å²) in [6, 6.07) is 0. The Bertz CT molecular complexity index is 304. The Morgan fingerprint density at radius 3 is 3.07 bits per heavy atom. The molecule has 0 aliphatic heterocycles. The summed E-state index contributed by atoms with van der Waals surface area (Å²) in [6.45, 7) is 3.88. The zero-order valence-electron chi connectivity index (χ0n) is 8.63. The van der Waals surface area contributed by atoms with Crippen molar-refractivity contribution in [3.05, 3.63) is 23.0 Å². The summed E-state index contributed by atoms with van der Waals surface area (Å²) in [4.78, 5) is 0. The van der Waals surface area contributed by atoms with Crippen LogP contribution in [0, 0.1) is 0 Å². The molecule has 0 atom stereocenters. The lowest BCUT2D eigenvalue weighted by atomic mass is 10.3. The van der Waals surface area contributed by atoms with Crippen molar-refractivity contribution >= 4 is 17.7 Å². The predicted molar refractivity (Wildman–Crippen MR) is 60.5 cm³/mol. The molecule has 1 heterocycles. The number of halogens is 1. The highest BCUT2D eigenvalue weighted by Gasteiger charge is 2.02. The van der Waals surface area contributed by atoms with Gasteiger partial charge in [-0.25, -0.2) is 0 Å². The van der Waals surface area contributed by atoms with Crippen LogP contribution in [0.1, 0.15) is 19.0 Å². The number of hydrogen-bond donors (Lipinski definition) is 1. The van der Waals surface area contributed by atoms with Gasteiger partial charge in [0.2, 0.25) is 0 Å². The molecule has 0 fully saturated rings. The summed E-state index contributed by atoms with van der Waals surface area (Å²) < 4.78 is 1.89. The van der Waals surface area contributed by atoms with Gasteiger partial charge < -0.3 is 5.32 Å². The van der Waals surface area contributed by atoms with Crippen LogP contribution in [0.2, 0.25) is 5.02 Å². The molecule has 1 aromatic rings. The lowest BCUT2D eigenvalue weighted by Gasteiger charge is -1.99. The van der Waals surface area contributed by atoms with Gasteiger partial charge in [0.1, 0.15) is 0 Å². The second-order valence-corrected chi connectivity index (χ2v) is 3.40. The SMILES string of the molecule is CCn1ncc(Cl)c1/C=C/CCNC. The second kappa shape index (κ2) is 5.83. The van der Waals surface area contributed by atoms with Gasteiger partial charge in [-0.05, 0) is 33.0 Å². The van der Waals surface area contributed by atoms with Gasteiger partial charge in [-0.1, -0.05) is 17.7 Å². The Hall–Kier alpha value is -0.800. The molecule has 0 spiro atoms. The van der Waals surface area contributed by atoms with Crippen LogP contribution in [-0.4, -0.2) is 23.4 Å². The largest absolute Gasteiger partial charge is 0.319 e. The molecule has 0 aromatic carbocycles. The fourth-order valence-electron chi connectivity index (χ4n) is 1.21. The number of nitrogens with zero attached hydrogens (tertiary/aromatic N) is 2. The third kappa shape index (κ3) is 2.86. The van der Waals surface area contributed by atoms with Crippen LogP contribution in [0.25, 0.3) is 6.08 Å². The average Bonchev–Trinajstić information content (AvgIpc) is 2.55. The monoisotopic (exact) mass is 213 g/mol. The number of hydrogen-bond acceptors (Lipinski definition) is 2. The lowest BCUT2D eigenvalue weighted by molar-refractivity contribution is 0.653. The molecule has 14 heavy (non-hydrogen) atoms.